The first-order valence-corrected chi connectivity index (χ1v) is 4.04. The minimum atomic E-state index is -0.0214. The van der Waals surface area contributed by atoms with Crippen LogP contribution in [0.5, 0.6) is 0 Å². The van der Waals surface area contributed by atoms with Gasteiger partial charge in [-0.1, -0.05) is 0 Å². The van der Waals surface area contributed by atoms with Crippen molar-refractivity contribution in [3.63, 3.8) is 0 Å². The van der Waals surface area contributed by atoms with E-state index in [1.807, 2.05) is 0 Å². The zero-order valence-corrected chi connectivity index (χ0v) is 7.84. The summed E-state index contributed by atoms with van der Waals surface area (Å²) in [6, 6.07) is 1.48. The monoisotopic (exact) mass is 219 g/mol. The molecule has 0 atom stereocenters. The molecular weight excluding hydrogens is 209 g/mol. The predicted molar refractivity (Wildman–Crippen MR) is 43.1 cm³/mol. The topological polar surface area (TPSA) is 49.8 Å². The Bertz CT molecular complexity index is 312. The number of nitrogens with one attached hydrogen (secondary N) is 2. The number of nitrogens with zero attached hydrogens (tertiary/aromatic N) is 1. The van der Waals surface area contributed by atoms with Crippen molar-refractivity contribution in [1.82, 2.24) is 14.9 Å². The second kappa shape index (κ2) is 3.66. The van der Waals surface area contributed by atoms with Crippen LogP contribution in [0.4, 0.5) is 0 Å². The molecule has 1 heterocycles. The van der Waals surface area contributed by atoms with Crippen LogP contribution in [-0.2, 0) is 6.67 Å². The molecule has 1 aromatic rings. The molecule has 0 aliphatic carbocycles. The van der Waals surface area contributed by atoms with E-state index in [1.165, 1.54) is 6.07 Å². The van der Waals surface area contributed by atoms with Gasteiger partial charge in [-0.15, -0.1) is 0 Å². The molecule has 11 heavy (non-hydrogen) atoms. The van der Waals surface area contributed by atoms with Crippen LogP contribution in [0.1, 0.15) is 0 Å². The predicted octanol–water partition coefficient (Wildman–Crippen LogP) is -0.946. The van der Waals surface area contributed by atoms with Crippen molar-refractivity contribution < 1.29 is 0 Å². The molecule has 0 aliphatic rings. The number of hydrogen-bond acceptors (Lipinski definition) is 2. The quantitative estimate of drug-likeness (QED) is 0.629. The molecule has 0 amide bonds. The summed E-state index contributed by atoms with van der Waals surface area (Å²) >= 11 is 2.76. The molecular formula is C6H9N3OSe. The van der Waals surface area contributed by atoms with E-state index in [4.69, 9.17) is 0 Å². The average Bonchev–Trinajstić information content (AvgIpc) is 1.97. The van der Waals surface area contributed by atoms with E-state index in [0.29, 0.717) is 6.67 Å². The summed E-state index contributed by atoms with van der Waals surface area (Å²) in [7, 11) is 1.79. The number of H-pyrrole nitrogens is 1. The molecule has 60 valence electrons. The minimum absolute atomic E-state index is 0.0214. The molecule has 5 heteroatoms. The van der Waals surface area contributed by atoms with Crippen molar-refractivity contribution in [2.75, 3.05) is 7.05 Å². The second-order valence-corrected chi connectivity index (χ2v) is 2.87. The maximum absolute atomic E-state index is 11.1. The van der Waals surface area contributed by atoms with Crippen LogP contribution in [0.25, 0.3) is 0 Å². The zero-order chi connectivity index (χ0) is 8.27. The van der Waals surface area contributed by atoms with Gasteiger partial charge in [0.15, 0.2) is 0 Å². The molecule has 0 fully saturated rings. The fraction of sp³-hybridized carbons (Fsp3) is 0.333. The van der Waals surface area contributed by atoms with Crippen LogP contribution in [0, 0.1) is 4.32 Å². The Morgan fingerprint density at radius 3 is 3.09 bits per heavy atom. The SMILES string of the molecule is CNCn1c(=O)cc[nH]c1=[Se]. The Balaban J connectivity index is 3.22. The summed E-state index contributed by atoms with van der Waals surface area (Å²) in [5.41, 5.74) is -0.0214. The van der Waals surface area contributed by atoms with Crippen LogP contribution < -0.4 is 10.9 Å². The van der Waals surface area contributed by atoms with E-state index >= 15 is 0 Å². The number of aromatic amines is 1. The first-order valence-electron chi connectivity index (χ1n) is 3.19. The summed E-state index contributed by atoms with van der Waals surface area (Å²) < 4.78 is 2.30. The summed E-state index contributed by atoms with van der Waals surface area (Å²) in [5.74, 6) is 0. The molecule has 0 radical (unpaired) electrons. The molecule has 0 saturated heterocycles. The molecule has 2 N–H and O–H groups in total. The Morgan fingerprint density at radius 2 is 2.55 bits per heavy atom. The van der Waals surface area contributed by atoms with Gasteiger partial charge >= 0.3 is 71.1 Å². The van der Waals surface area contributed by atoms with Crippen LogP contribution in [0.3, 0.4) is 0 Å². The Labute approximate surface area is 71.6 Å². The van der Waals surface area contributed by atoms with Crippen molar-refractivity contribution >= 4 is 15.6 Å². The van der Waals surface area contributed by atoms with Crippen molar-refractivity contribution in [2.24, 2.45) is 0 Å². The molecule has 0 spiro atoms. The van der Waals surface area contributed by atoms with Gasteiger partial charge in [-0.25, -0.2) is 0 Å². The van der Waals surface area contributed by atoms with Crippen molar-refractivity contribution in [3.05, 3.63) is 26.9 Å². The zero-order valence-electron chi connectivity index (χ0n) is 6.13. The Hall–Kier alpha value is -0.641. The van der Waals surface area contributed by atoms with Gasteiger partial charge in [0.1, 0.15) is 0 Å². The van der Waals surface area contributed by atoms with Gasteiger partial charge in [0.25, 0.3) is 0 Å². The molecule has 0 aromatic carbocycles. The van der Waals surface area contributed by atoms with Crippen LogP contribution >= 0.6 is 0 Å². The molecule has 0 bridgehead atoms. The summed E-state index contributed by atoms with van der Waals surface area (Å²) in [5, 5.41) is 2.89. The van der Waals surface area contributed by atoms with Crippen molar-refractivity contribution in [2.45, 2.75) is 6.67 Å². The summed E-state index contributed by atoms with van der Waals surface area (Å²) in [6.45, 7) is 0.512. The number of aromatic nitrogens is 2. The molecule has 4 nitrogen and oxygen atoms in total. The van der Waals surface area contributed by atoms with Gasteiger partial charge in [-0.2, -0.15) is 0 Å². The number of hydrogen-bond donors (Lipinski definition) is 2. The van der Waals surface area contributed by atoms with Gasteiger partial charge in [-0.05, 0) is 0 Å². The fourth-order valence-corrected chi connectivity index (χ4v) is 1.23. The Morgan fingerprint density at radius 1 is 1.82 bits per heavy atom. The standard InChI is InChI=1S/C6H9N3OSe/c1-7-4-9-5(10)2-3-8-6(9)11/h2-3,7H,4H2,1H3,(H,8,11). The molecule has 1 rings (SSSR count). The summed E-state index contributed by atoms with van der Waals surface area (Å²) in [6.07, 6.45) is 1.61. The van der Waals surface area contributed by atoms with Gasteiger partial charge < -0.3 is 0 Å². The normalized spacial score (nSPS) is 9.91. The average molecular weight is 218 g/mol. The summed E-state index contributed by atoms with van der Waals surface area (Å²) in [4.78, 5) is 14.0. The second-order valence-electron chi connectivity index (χ2n) is 2.06. The van der Waals surface area contributed by atoms with Crippen LogP contribution in [0.15, 0.2) is 17.1 Å². The van der Waals surface area contributed by atoms with E-state index in [9.17, 15) is 4.79 Å². The number of rotatable bonds is 2. The molecule has 0 saturated carbocycles. The van der Waals surface area contributed by atoms with Gasteiger partial charge in [0, 0.05) is 0 Å². The first-order chi connectivity index (χ1) is 5.25. The van der Waals surface area contributed by atoms with E-state index in [2.05, 4.69) is 25.9 Å². The maximum atomic E-state index is 11.1. The van der Waals surface area contributed by atoms with E-state index in [0.717, 1.165) is 4.32 Å². The van der Waals surface area contributed by atoms with E-state index in [1.54, 1.807) is 17.8 Å². The van der Waals surface area contributed by atoms with E-state index < -0.39 is 0 Å². The van der Waals surface area contributed by atoms with Gasteiger partial charge in [0.05, 0.1) is 0 Å². The Kier molecular flexibility index (Phi) is 2.82. The van der Waals surface area contributed by atoms with Crippen molar-refractivity contribution in [1.29, 1.82) is 0 Å². The van der Waals surface area contributed by atoms with Crippen LogP contribution in [0.2, 0.25) is 0 Å². The molecule has 0 unspecified atom stereocenters. The third kappa shape index (κ3) is 1.89. The van der Waals surface area contributed by atoms with E-state index in [-0.39, 0.29) is 5.56 Å². The molecule has 1 aromatic heterocycles. The third-order valence-electron chi connectivity index (χ3n) is 1.26. The third-order valence-corrected chi connectivity index (χ3v) is 1.97. The first kappa shape index (κ1) is 8.46. The van der Waals surface area contributed by atoms with Crippen molar-refractivity contribution in [3.8, 4) is 0 Å². The fourth-order valence-electron chi connectivity index (χ4n) is 0.760. The van der Waals surface area contributed by atoms with Crippen LogP contribution in [-0.4, -0.2) is 32.2 Å². The van der Waals surface area contributed by atoms with Gasteiger partial charge in [0.2, 0.25) is 0 Å². The molecule has 0 aliphatic heterocycles. The van der Waals surface area contributed by atoms with Gasteiger partial charge in [-0.3, -0.25) is 0 Å².